The molecule has 0 spiro atoms. The number of hydrogen-bond acceptors (Lipinski definition) is 1. The number of rotatable bonds is 0. The minimum atomic E-state index is 0. The van der Waals surface area contributed by atoms with E-state index in [9.17, 15) is 0 Å². The molecule has 1 saturated heterocycles. The molecular weight excluding hydrogens is 134 g/mol. The second-order valence-corrected chi connectivity index (χ2v) is 3.66. The average molecular weight is 150 g/mol. The number of nitrogens with one attached hydrogen (secondary N) is 1. The molecule has 2 heteroatoms. The van der Waals surface area contributed by atoms with E-state index >= 15 is 0 Å². The van der Waals surface area contributed by atoms with Crippen molar-refractivity contribution in [1.82, 2.24) is 5.32 Å². The van der Waals surface area contributed by atoms with Crippen LogP contribution in [0.3, 0.4) is 0 Å². The zero-order valence-electron chi connectivity index (χ0n) is 6.40. The Morgan fingerprint density at radius 3 is 1.78 bits per heavy atom. The third-order valence-corrected chi connectivity index (χ3v) is 1.87. The van der Waals surface area contributed by atoms with Crippen LogP contribution in [0, 0.1) is 5.41 Å². The molecular formula is C7H16ClN. The van der Waals surface area contributed by atoms with Crippen molar-refractivity contribution in [3.05, 3.63) is 0 Å². The molecule has 56 valence electrons. The minimum Gasteiger partial charge on any atom is -0.313 e. The molecule has 1 heterocycles. The first-order valence-corrected chi connectivity index (χ1v) is 3.34. The summed E-state index contributed by atoms with van der Waals surface area (Å²) in [4.78, 5) is 0. The van der Waals surface area contributed by atoms with Gasteiger partial charge in [0, 0.05) is 6.04 Å². The van der Waals surface area contributed by atoms with E-state index in [1.54, 1.807) is 0 Å². The Labute approximate surface area is 63.6 Å². The van der Waals surface area contributed by atoms with Crippen LogP contribution in [0.25, 0.3) is 0 Å². The fourth-order valence-corrected chi connectivity index (χ4v) is 1.03. The Balaban J connectivity index is 0.000000640. The van der Waals surface area contributed by atoms with E-state index in [-0.39, 0.29) is 12.4 Å². The van der Waals surface area contributed by atoms with E-state index in [1.165, 1.54) is 13.0 Å². The van der Waals surface area contributed by atoms with Gasteiger partial charge in [0.2, 0.25) is 0 Å². The Bertz CT molecular complexity index is 81.4. The van der Waals surface area contributed by atoms with Crippen LogP contribution in [-0.2, 0) is 0 Å². The maximum atomic E-state index is 3.39. The molecule has 0 radical (unpaired) electrons. The predicted molar refractivity (Wildman–Crippen MR) is 43.1 cm³/mol. The maximum Gasteiger partial charge on any atom is 0.0128 e. The van der Waals surface area contributed by atoms with Gasteiger partial charge in [0.25, 0.3) is 0 Å². The topological polar surface area (TPSA) is 12.0 Å². The van der Waals surface area contributed by atoms with Gasteiger partial charge in [-0.3, -0.25) is 0 Å². The first kappa shape index (κ1) is 9.25. The fraction of sp³-hybridized carbons (Fsp3) is 1.00. The lowest BCUT2D eigenvalue weighted by molar-refractivity contribution is 0.193. The monoisotopic (exact) mass is 149 g/mol. The van der Waals surface area contributed by atoms with Crippen LogP contribution in [0.2, 0.25) is 0 Å². The van der Waals surface area contributed by atoms with Crippen molar-refractivity contribution >= 4 is 12.4 Å². The third kappa shape index (κ3) is 2.15. The molecule has 0 unspecified atom stereocenters. The summed E-state index contributed by atoms with van der Waals surface area (Å²) in [6, 6.07) is 0.780. The summed E-state index contributed by atoms with van der Waals surface area (Å²) in [5.74, 6) is 0. The van der Waals surface area contributed by atoms with Crippen molar-refractivity contribution in [2.45, 2.75) is 33.2 Å². The molecule has 0 aromatic heterocycles. The van der Waals surface area contributed by atoms with E-state index in [0.29, 0.717) is 5.41 Å². The van der Waals surface area contributed by atoms with Gasteiger partial charge < -0.3 is 5.32 Å². The van der Waals surface area contributed by atoms with Crippen LogP contribution in [0.1, 0.15) is 27.2 Å². The molecule has 1 aliphatic heterocycles. The van der Waals surface area contributed by atoms with Crippen molar-refractivity contribution in [2.75, 3.05) is 6.54 Å². The SMILES string of the molecule is CC(C)(C)[C@@H]1CCN1.Cl. The summed E-state index contributed by atoms with van der Waals surface area (Å²) < 4.78 is 0. The molecule has 0 aromatic carbocycles. The molecule has 1 rings (SSSR count). The van der Waals surface area contributed by atoms with Crippen LogP contribution in [0.4, 0.5) is 0 Å². The zero-order chi connectivity index (χ0) is 6.20. The molecule has 0 bridgehead atoms. The summed E-state index contributed by atoms with van der Waals surface area (Å²) in [5.41, 5.74) is 0.484. The lowest BCUT2D eigenvalue weighted by atomic mass is 9.81. The van der Waals surface area contributed by atoms with Gasteiger partial charge in [-0.15, -0.1) is 12.4 Å². The highest BCUT2D eigenvalue weighted by atomic mass is 35.5. The minimum absolute atomic E-state index is 0. The Morgan fingerprint density at radius 2 is 1.78 bits per heavy atom. The van der Waals surface area contributed by atoms with Crippen molar-refractivity contribution in [1.29, 1.82) is 0 Å². The summed E-state index contributed by atoms with van der Waals surface area (Å²) in [6.45, 7) is 8.07. The molecule has 1 N–H and O–H groups in total. The van der Waals surface area contributed by atoms with E-state index < -0.39 is 0 Å². The summed E-state index contributed by atoms with van der Waals surface area (Å²) in [7, 11) is 0. The van der Waals surface area contributed by atoms with Gasteiger partial charge in [0.1, 0.15) is 0 Å². The molecule has 9 heavy (non-hydrogen) atoms. The van der Waals surface area contributed by atoms with Crippen molar-refractivity contribution in [3.8, 4) is 0 Å². The van der Waals surface area contributed by atoms with Gasteiger partial charge in [-0.2, -0.15) is 0 Å². The van der Waals surface area contributed by atoms with Crippen LogP contribution < -0.4 is 5.32 Å². The van der Waals surface area contributed by atoms with Crippen LogP contribution in [0.15, 0.2) is 0 Å². The van der Waals surface area contributed by atoms with Crippen molar-refractivity contribution in [2.24, 2.45) is 5.41 Å². The quantitative estimate of drug-likeness (QED) is 0.554. The van der Waals surface area contributed by atoms with Gasteiger partial charge in [0.05, 0.1) is 0 Å². The summed E-state index contributed by atoms with van der Waals surface area (Å²) in [5, 5.41) is 3.39. The molecule has 0 amide bonds. The number of hydrogen-bond donors (Lipinski definition) is 1. The highest BCUT2D eigenvalue weighted by Gasteiger charge is 2.28. The standard InChI is InChI=1S/C7H15N.ClH/c1-7(2,3)6-4-5-8-6;/h6,8H,4-5H2,1-3H3;1H/t6-;/m0./s1. The zero-order valence-corrected chi connectivity index (χ0v) is 7.22. The van der Waals surface area contributed by atoms with Crippen molar-refractivity contribution < 1.29 is 0 Å². The molecule has 0 saturated carbocycles. The van der Waals surface area contributed by atoms with Gasteiger partial charge >= 0.3 is 0 Å². The van der Waals surface area contributed by atoms with Crippen LogP contribution in [-0.4, -0.2) is 12.6 Å². The first-order valence-electron chi connectivity index (χ1n) is 3.34. The highest BCUT2D eigenvalue weighted by Crippen LogP contribution is 2.25. The van der Waals surface area contributed by atoms with Crippen LogP contribution in [0.5, 0.6) is 0 Å². The lowest BCUT2D eigenvalue weighted by Gasteiger charge is -2.38. The van der Waals surface area contributed by atoms with Crippen molar-refractivity contribution in [3.63, 3.8) is 0 Å². The normalized spacial score (nSPS) is 26.3. The highest BCUT2D eigenvalue weighted by molar-refractivity contribution is 5.85. The summed E-state index contributed by atoms with van der Waals surface area (Å²) >= 11 is 0. The predicted octanol–water partition coefficient (Wildman–Crippen LogP) is 1.82. The lowest BCUT2D eigenvalue weighted by Crippen LogP contribution is -2.50. The van der Waals surface area contributed by atoms with E-state index in [1.807, 2.05) is 0 Å². The molecule has 1 fully saturated rings. The second-order valence-electron chi connectivity index (χ2n) is 3.66. The Morgan fingerprint density at radius 1 is 1.33 bits per heavy atom. The fourth-order valence-electron chi connectivity index (χ4n) is 1.03. The van der Waals surface area contributed by atoms with E-state index in [2.05, 4.69) is 26.1 Å². The second kappa shape index (κ2) is 2.89. The Kier molecular flexibility index (Phi) is 2.97. The smallest absolute Gasteiger partial charge is 0.0128 e. The van der Waals surface area contributed by atoms with Gasteiger partial charge in [-0.1, -0.05) is 20.8 Å². The molecule has 1 nitrogen and oxygen atoms in total. The number of halogens is 1. The maximum absolute atomic E-state index is 3.39. The Hall–Kier alpha value is 0.250. The molecule has 1 aliphatic rings. The van der Waals surface area contributed by atoms with E-state index in [0.717, 1.165) is 6.04 Å². The first-order chi connectivity index (χ1) is 3.61. The molecule has 1 atom stereocenters. The average Bonchev–Trinajstić information content (AvgIpc) is 1.16. The van der Waals surface area contributed by atoms with Gasteiger partial charge in [-0.25, -0.2) is 0 Å². The van der Waals surface area contributed by atoms with E-state index in [4.69, 9.17) is 0 Å². The van der Waals surface area contributed by atoms with Crippen LogP contribution >= 0.6 is 12.4 Å². The summed E-state index contributed by atoms with van der Waals surface area (Å²) in [6.07, 6.45) is 1.36. The largest absolute Gasteiger partial charge is 0.313 e. The van der Waals surface area contributed by atoms with Gasteiger partial charge in [-0.05, 0) is 18.4 Å². The third-order valence-electron chi connectivity index (χ3n) is 1.87. The molecule has 0 aliphatic carbocycles. The molecule has 0 aromatic rings. The van der Waals surface area contributed by atoms with Gasteiger partial charge in [0.15, 0.2) is 0 Å².